The average molecular weight is 1330 g/mol. The van der Waals surface area contributed by atoms with Gasteiger partial charge in [-0.2, -0.15) is 0 Å². The molecule has 2 aromatic heterocycles. The molecule has 4 aliphatic carbocycles. The van der Waals surface area contributed by atoms with Gasteiger partial charge in [-0.05, 0) is 153 Å². The van der Waals surface area contributed by atoms with Crippen molar-refractivity contribution in [2.24, 2.45) is 28.6 Å². The van der Waals surface area contributed by atoms with E-state index >= 15 is 0 Å². The fourth-order valence-corrected chi connectivity index (χ4v) is 17.5. The predicted octanol–water partition coefficient (Wildman–Crippen LogP) is 7.02. The lowest BCUT2D eigenvalue weighted by atomic mass is 9.43. The van der Waals surface area contributed by atoms with Crippen molar-refractivity contribution in [3.8, 4) is 17.2 Å². The molecule has 0 spiro atoms. The molecule has 2 aliphatic heterocycles. The third-order valence-corrected chi connectivity index (χ3v) is 22.8. The summed E-state index contributed by atoms with van der Waals surface area (Å²) in [5, 5.41) is 32.9. The monoisotopic (exact) mass is 1330 g/mol. The Bertz CT molecular complexity index is 3540. The number of ketones is 1. The van der Waals surface area contributed by atoms with Gasteiger partial charge in [0.05, 0.1) is 50.3 Å². The number of carbonyl (C=O) groups excluding carboxylic acids is 7. The highest BCUT2D eigenvalue weighted by Gasteiger charge is 2.67. The number of fused-ring (bicyclic) bond motifs is 6. The third kappa shape index (κ3) is 15.1. The number of aromatic nitrogens is 1. The molecule has 6 fully saturated rings. The molecule has 2 saturated heterocycles. The second-order valence-electron chi connectivity index (χ2n) is 25.6. The molecule has 6 aliphatic rings. The molecule has 0 radical (unpaired) electrons. The zero-order valence-corrected chi connectivity index (χ0v) is 53.9. The van der Waals surface area contributed by atoms with Crippen molar-refractivity contribution in [3.63, 3.8) is 0 Å². The maximum absolute atomic E-state index is 14.7. The molecular weight excluding hydrogens is 1250 g/mol. The zero-order valence-electron chi connectivity index (χ0n) is 52.3. The predicted molar refractivity (Wildman–Crippen MR) is 336 cm³/mol. The lowest BCUT2D eigenvalue weighted by Crippen LogP contribution is -2.62. The topological polar surface area (TPSA) is 321 Å². The minimum atomic E-state index is -3.50. The number of benzene rings is 2. The molecule has 4 heterocycles. The fourth-order valence-electron chi connectivity index (χ4n) is 15.5. The van der Waals surface area contributed by atoms with Crippen LogP contribution < -0.4 is 41.1 Å². The third-order valence-electron chi connectivity index (χ3n) is 20.4. The van der Waals surface area contributed by atoms with Gasteiger partial charge in [-0.3, -0.25) is 29.0 Å². The van der Waals surface area contributed by atoms with Crippen LogP contribution in [0.15, 0.2) is 76.3 Å². The molecular formula is C65H79F2N7O17S2. The Balaban J connectivity index is 0.600. The summed E-state index contributed by atoms with van der Waals surface area (Å²) in [6.45, 7) is 2.62. The van der Waals surface area contributed by atoms with E-state index in [9.17, 15) is 62.1 Å². The van der Waals surface area contributed by atoms with Gasteiger partial charge in [0.1, 0.15) is 30.5 Å². The van der Waals surface area contributed by atoms with Crippen LogP contribution in [0, 0.1) is 28.6 Å². The summed E-state index contributed by atoms with van der Waals surface area (Å²) >= 11 is 0. The summed E-state index contributed by atoms with van der Waals surface area (Å²) in [7, 11) is 5.26. The smallest absolute Gasteiger partial charge is 0.409 e. The number of Topliss-reactive ketones (excluding diaryl/α,β-unsaturated/α-hetero) is 1. The molecule has 10 atom stereocenters. The van der Waals surface area contributed by atoms with Gasteiger partial charge in [0.15, 0.2) is 18.1 Å². The Morgan fingerprint density at radius 2 is 1.65 bits per heavy atom. The van der Waals surface area contributed by atoms with Crippen molar-refractivity contribution in [1.29, 1.82) is 0 Å². The van der Waals surface area contributed by atoms with Crippen LogP contribution in [0.3, 0.4) is 0 Å². The molecule has 4 aromatic rings. The van der Waals surface area contributed by atoms with Crippen LogP contribution in [0.1, 0.15) is 118 Å². The standard InChI is InChI=1S/C65H79F2N7O17S2/c1-62-18-11-42(29-39(62)6-8-47-46(62)12-19-63(2)45(13-20-65(47,63)85)38-17-24-88-55(77)28-38)91-60(83)71-40-15-22-73(23-16-40)61(84)89-25-26-92-93-35-49(59(81)82)72-53(75)34-90-41-7-9-48-44(30-41)43(14-21-68-48)57(79)70-33-54(76)74-36-64(66,67)31-50(74)56(78)58(80)69-32-37-5-10-51(86-3)52(27-37)87-4/h5,7,9-10,14,17,21,24,27-28,30,39-40,42,45-47,49-50,85H,6,8,11-13,15-16,18-20,22-23,25-26,29,31-36H2,1-4H3,(H,69,80)(H,70,79)(H,71,83)(H,72,75)(H,81,82)/t39-,42+,45-,46?,47-,49?,50?,62+,63-,65+/m1/s1. The highest BCUT2D eigenvalue weighted by Crippen LogP contribution is 2.70. The number of aliphatic hydroxyl groups is 1. The first-order chi connectivity index (χ1) is 44.4. The first kappa shape index (κ1) is 68.1. The quantitative estimate of drug-likeness (QED) is 0.0247. The van der Waals surface area contributed by atoms with E-state index in [1.54, 1.807) is 29.2 Å². The number of hydrogen-bond donors (Lipinski definition) is 6. The summed E-state index contributed by atoms with van der Waals surface area (Å²) in [5.41, 5.74) is 0.270. The number of likely N-dealkylation sites (tertiary alicyclic amines) is 2. The summed E-state index contributed by atoms with van der Waals surface area (Å²) in [6, 6.07) is 10.6. The normalized spacial score (nSPS) is 26.7. The van der Waals surface area contributed by atoms with E-state index in [2.05, 4.69) is 40.1 Å². The van der Waals surface area contributed by atoms with Crippen molar-refractivity contribution in [2.75, 3.05) is 65.1 Å². The van der Waals surface area contributed by atoms with Crippen molar-refractivity contribution in [2.45, 2.75) is 139 Å². The Hall–Kier alpha value is -7.72. The Morgan fingerprint density at radius 1 is 0.860 bits per heavy atom. The molecule has 93 heavy (non-hydrogen) atoms. The van der Waals surface area contributed by atoms with Crippen molar-refractivity contribution < 1.29 is 85.5 Å². The van der Waals surface area contributed by atoms with E-state index < -0.39 is 97.3 Å². The molecule has 3 unspecified atom stereocenters. The second kappa shape index (κ2) is 28.9. The van der Waals surface area contributed by atoms with Crippen LogP contribution in [-0.4, -0.2) is 173 Å². The van der Waals surface area contributed by atoms with Crippen molar-refractivity contribution in [1.82, 2.24) is 36.1 Å². The highest BCUT2D eigenvalue weighted by molar-refractivity contribution is 8.76. The maximum atomic E-state index is 14.7. The Kier molecular flexibility index (Phi) is 21.2. The maximum Gasteiger partial charge on any atom is 0.409 e. The van der Waals surface area contributed by atoms with Gasteiger partial charge in [0.25, 0.3) is 23.6 Å². The lowest BCUT2D eigenvalue weighted by Gasteiger charge is -2.63. The first-order valence-corrected chi connectivity index (χ1v) is 33.9. The SMILES string of the molecule is COc1ccc(CNC(=O)C(=O)C2CC(F)(F)CN2C(=O)CNC(=O)c2ccnc3ccc(OCC(=O)NC(CSSCCOC(=O)N4CCC(NC(=O)O[C@H]5CC[C@]6(C)C7CC[C@]8(C)[C@@H](c9ccoc(=O)c9)CC[C@]8(O)[C@@H]7CC[C@@H]6C5)CC4)C(=O)O)cc23)cc1OC. The molecule has 10 rings (SSSR count). The minimum Gasteiger partial charge on any atom is -0.493 e. The lowest BCUT2D eigenvalue weighted by molar-refractivity contribution is -0.205. The summed E-state index contributed by atoms with van der Waals surface area (Å²) in [6.07, 6.45) is 9.30. The van der Waals surface area contributed by atoms with Gasteiger partial charge in [-0.1, -0.05) is 41.5 Å². The zero-order chi connectivity index (χ0) is 66.4. The van der Waals surface area contributed by atoms with Gasteiger partial charge in [0, 0.05) is 66.7 Å². The number of amides is 6. The van der Waals surface area contributed by atoms with E-state index in [1.807, 2.05) is 6.07 Å². The minimum absolute atomic E-state index is 0.0133. The van der Waals surface area contributed by atoms with Gasteiger partial charge in [-0.15, -0.1) is 0 Å². The number of hydrogen-bond acceptors (Lipinski definition) is 19. The molecule has 2 aromatic carbocycles. The molecule has 6 amide bonds. The summed E-state index contributed by atoms with van der Waals surface area (Å²) < 4.78 is 62.1. The number of nitrogens with one attached hydrogen (secondary N) is 4. The van der Waals surface area contributed by atoms with E-state index in [4.69, 9.17) is 28.1 Å². The number of carboxylic acid groups (broad SMARTS) is 1. The van der Waals surface area contributed by atoms with Gasteiger partial charge >= 0.3 is 23.8 Å². The molecule has 28 heteroatoms. The number of carboxylic acids is 1. The number of pyridine rings is 1. The number of ether oxygens (including phenoxy) is 5. The largest absolute Gasteiger partial charge is 0.493 e. The Labute approximate surface area is 543 Å². The van der Waals surface area contributed by atoms with Crippen LogP contribution in [0.2, 0.25) is 0 Å². The van der Waals surface area contributed by atoms with Crippen LogP contribution in [0.4, 0.5) is 18.4 Å². The second-order valence-corrected chi connectivity index (χ2v) is 28.2. The van der Waals surface area contributed by atoms with Crippen LogP contribution in [-0.2, 0) is 40.0 Å². The highest BCUT2D eigenvalue weighted by atomic mass is 33.1. The number of piperidine rings is 1. The number of alkyl carbamates (subject to hydrolysis) is 1. The Morgan fingerprint density at radius 3 is 2.40 bits per heavy atom. The number of nitrogens with zero attached hydrogens (tertiary/aromatic N) is 3. The van der Waals surface area contributed by atoms with E-state index in [-0.39, 0.29) is 76.0 Å². The van der Waals surface area contributed by atoms with E-state index in [0.717, 1.165) is 67.7 Å². The average Bonchev–Trinajstić information content (AvgIpc) is 1.64. The number of methoxy groups -OCH3 is 2. The van der Waals surface area contributed by atoms with Gasteiger partial charge < -0.3 is 69.4 Å². The number of rotatable bonds is 23. The van der Waals surface area contributed by atoms with Crippen LogP contribution in [0.5, 0.6) is 17.2 Å². The molecule has 6 N–H and O–H groups in total. The van der Waals surface area contributed by atoms with Crippen LogP contribution in [0.25, 0.3) is 10.9 Å². The number of aliphatic carboxylic acids is 1. The molecule has 502 valence electrons. The summed E-state index contributed by atoms with van der Waals surface area (Å²) in [4.78, 5) is 123. The summed E-state index contributed by atoms with van der Waals surface area (Å²) in [5.74, 6) is -7.76. The fraction of sp³-hybridized carbons (Fsp3) is 0.569. The number of carbonyl (C=O) groups is 8. The van der Waals surface area contributed by atoms with E-state index in [1.165, 1.54) is 61.7 Å². The number of alkyl halides is 2. The molecule has 4 saturated carbocycles. The van der Waals surface area contributed by atoms with Crippen LogP contribution >= 0.6 is 21.6 Å². The van der Waals surface area contributed by atoms with Gasteiger partial charge in [-0.25, -0.2) is 28.0 Å². The van der Waals surface area contributed by atoms with Crippen molar-refractivity contribution in [3.05, 3.63) is 94.2 Å². The van der Waals surface area contributed by atoms with Gasteiger partial charge in [0.2, 0.25) is 11.7 Å². The number of halogens is 2. The van der Waals surface area contributed by atoms with Crippen molar-refractivity contribution >= 4 is 80.1 Å². The molecule has 0 bridgehead atoms. The molecule has 24 nitrogen and oxygen atoms in total. The van der Waals surface area contributed by atoms with E-state index in [0.29, 0.717) is 77.4 Å². The first-order valence-electron chi connectivity index (χ1n) is 31.4.